The van der Waals surface area contributed by atoms with Gasteiger partial charge in [-0.3, -0.25) is 9.48 Å². The maximum absolute atomic E-state index is 12.0. The molecule has 5 nitrogen and oxygen atoms in total. The van der Waals surface area contributed by atoms with Crippen LogP contribution in [0.2, 0.25) is 0 Å². The number of nitrogens with two attached hydrogens (primary N) is 1. The molecule has 1 amide bonds. The number of anilines is 2. The Morgan fingerprint density at radius 3 is 2.74 bits per heavy atom. The van der Waals surface area contributed by atoms with Gasteiger partial charge in [0.05, 0.1) is 11.4 Å². The third kappa shape index (κ3) is 3.35. The highest BCUT2D eigenvalue weighted by molar-refractivity contribution is 9.10. The molecule has 0 spiro atoms. The molecule has 1 aromatic heterocycles. The van der Waals surface area contributed by atoms with Crippen LogP contribution in [0.3, 0.4) is 0 Å². The third-order valence-corrected chi connectivity index (χ3v) is 3.32. The predicted molar refractivity (Wildman–Crippen MR) is 78.9 cm³/mol. The van der Waals surface area contributed by atoms with Crippen molar-refractivity contribution in [3.05, 3.63) is 40.1 Å². The molecule has 1 aromatic carbocycles. The van der Waals surface area contributed by atoms with Crippen LogP contribution in [0.1, 0.15) is 11.4 Å². The van der Waals surface area contributed by atoms with Crippen LogP contribution >= 0.6 is 15.9 Å². The smallest absolute Gasteiger partial charge is 0.246 e. The molecule has 0 aliphatic heterocycles. The zero-order valence-corrected chi connectivity index (χ0v) is 12.4. The van der Waals surface area contributed by atoms with Crippen molar-refractivity contribution < 1.29 is 4.79 Å². The van der Waals surface area contributed by atoms with Gasteiger partial charge in [0.25, 0.3) is 0 Å². The number of halogens is 1. The van der Waals surface area contributed by atoms with Crippen molar-refractivity contribution in [2.45, 2.75) is 20.4 Å². The van der Waals surface area contributed by atoms with Crippen LogP contribution in [0.5, 0.6) is 0 Å². The summed E-state index contributed by atoms with van der Waals surface area (Å²) in [6.45, 7) is 4.01. The first-order chi connectivity index (χ1) is 8.95. The molecular weight excluding hydrogens is 308 g/mol. The van der Waals surface area contributed by atoms with Gasteiger partial charge in [0.2, 0.25) is 5.91 Å². The number of aromatic nitrogens is 2. The molecule has 19 heavy (non-hydrogen) atoms. The Labute approximate surface area is 119 Å². The largest absolute Gasteiger partial charge is 0.399 e. The SMILES string of the molecule is Cc1cc(C)n(CC(=O)Nc2ccc(N)cc2Br)n1. The molecule has 0 aliphatic rings. The van der Waals surface area contributed by atoms with E-state index in [9.17, 15) is 4.79 Å². The van der Waals surface area contributed by atoms with Crippen molar-refractivity contribution in [2.75, 3.05) is 11.1 Å². The normalized spacial score (nSPS) is 10.5. The summed E-state index contributed by atoms with van der Waals surface area (Å²) in [5.74, 6) is -0.128. The van der Waals surface area contributed by atoms with E-state index in [0.29, 0.717) is 11.4 Å². The number of benzene rings is 1. The van der Waals surface area contributed by atoms with Gasteiger partial charge in [0, 0.05) is 15.9 Å². The lowest BCUT2D eigenvalue weighted by molar-refractivity contribution is -0.116. The second-order valence-electron chi connectivity index (χ2n) is 4.37. The summed E-state index contributed by atoms with van der Waals surface area (Å²) in [6, 6.07) is 7.19. The van der Waals surface area contributed by atoms with Crippen molar-refractivity contribution in [3.8, 4) is 0 Å². The van der Waals surface area contributed by atoms with Gasteiger partial charge in [0.1, 0.15) is 6.54 Å². The fourth-order valence-corrected chi connectivity index (χ4v) is 2.29. The van der Waals surface area contributed by atoms with Crippen molar-refractivity contribution in [3.63, 3.8) is 0 Å². The number of amides is 1. The zero-order valence-electron chi connectivity index (χ0n) is 10.8. The average Bonchev–Trinajstić information content (AvgIpc) is 2.61. The lowest BCUT2D eigenvalue weighted by Gasteiger charge is -2.09. The van der Waals surface area contributed by atoms with Gasteiger partial charge in [-0.15, -0.1) is 0 Å². The number of carbonyl (C=O) groups excluding carboxylic acids is 1. The molecule has 0 unspecified atom stereocenters. The van der Waals surface area contributed by atoms with E-state index in [1.165, 1.54) is 0 Å². The fraction of sp³-hybridized carbons (Fsp3) is 0.231. The van der Waals surface area contributed by atoms with E-state index in [0.717, 1.165) is 15.9 Å². The van der Waals surface area contributed by atoms with Gasteiger partial charge < -0.3 is 11.1 Å². The number of aryl methyl sites for hydroxylation is 2. The summed E-state index contributed by atoms with van der Waals surface area (Å²) in [4.78, 5) is 12.0. The summed E-state index contributed by atoms with van der Waals surface area (Å²) >= 11 is 3.36. The summed E-state index contributed by atoms with van der Waals surface area (Å²) < 4.78 is 2.43. The van der Waals surface area contributed by atoms with Gasteiger partial charge in [-0.1, -0.05) is 0 Å². The number of hydrogen-bond acceptors (Lipinski definition) is 3. The van der Waals surface area contributed by atoms with Gasteiger partial charge in [-0.25, -0.2) is 0 Å². The van der Waals surface area contributed by atoms with Gasteiger partial charge >= 0.3 is 0 Å². The summed E-state index contributed by atoms with van der Waals surface area (Å²) in [6.07, 6.45) is 0. The molecule has 2 rings (SSSR count). The number of nitrogens with zero attached hydrogens (tertiary/aromatic N) is 2. The average molecular weight is 323 g/mol. The number of rotatable bonds is 3. The van der Waals surface area contributed by atoms with Crippen LogP contribution in [0.4, 0.5) is 11.4 Å². The Bertz CT molecular complexity index is 621. The third-order valence-electron chi connectivity index (χ3n) is 2.66. The molecule has 0 bridgehead atoms. The van der Waals surface area contributed by atoms with Crippen LogP contribution < -0.4 is 11.1 Å². The van der Waals surface area contributed by atoms with Gasteiger partial charge in [-0.2, -0.15) is 5.10 Å². The predicted octanol–water partition coefficient (Wildman–Crippen LogP) is 2.48. The van der Waals surface area contributed by atoms with E-state index in [4.69, 9.17) is 5.73 Å². The molecule has 0 radical (unpaired) electrons. The summed E-state index contributed by atoms with van der Waals surface area (Å²) in [7, 11) is 0. The maximum Gasteiger partial charge on any atom is 0.246 e. The highest BCUT2D eigenvalue weighted by atomic mass is 79.9. The molecule has 1 heterocycles. The van der Waals surface area contributed by atoms with Crippen LogP contribution in [-0.2, 0) is 11.3 Å². The number of hydrogen-bond donors (Lipinski definition) is 2. The molecule has 100 valence electrons. The Kier molecular flexibility index (Phi) is 3.90. The molecule has 3 N–H and O–H groups in total. The highest BCUT2D eigenvalue weighted by Gasteiger charge is 2.09. The van der Waals surface area contributed by atoms with E-state index in [2.05, 4.69) is 26.3 Å². The van der Waals surface area contributed by atoms with E-state index >= 15 is 0 Å². The minimum atomic E-state index is -0.128. The summed E-state index contributed by atoms with van der Waals surface area (Å²) in [5, 5.41) is 7.07. The molecule has 0 saturated carbocycles. The maximum atomic E-state index is 12.0. The second-order valence-corrected chi connectivity index (χ2v) is 5.23. The quantitative estimate of drug-likeness (QED) is 0.853. The first kappa shape index (κ1) is 13.6. The minimum Gasteiger partial charge on any atom is -0.399 e. The van der Waals surface area contributed by atoms with Gasteiger partial charge in [0.15, 0.2) is 0 Å². The minimum absolute atomic E-state index is 0.128. The van der Waals surface area contributed by atoms with Crippen LogP contribution in [0.25, 0.3) is 0 Å². The molecule has 2 aromatic rings. The van der Waals surface area contributed by atoms with Crippen molar-refractivity contribution in [2.24, 2.45) is 0 Å². The van der Waals surface area contributed by atoms with Crippen molar-refractivity contribution in [1.29, 1.82) is 0 Å². The first-order valence-electron chi connectivity index (χ1n) is 5.81. The molecule has 0 atom stereocenters. The number of nitrogens with one attached hydrogen (secondary N) is 1. The first-order valence-corrected chi connectivity index (χ1v) is 6.61. The standard InChI is InChI=1S/C13H15BrN4O/c1-8-5-9(2)18(17-8)7-13(19)16-12-4-3-10(15)6-11(12)14/h3-6H,7,15H2,1-2H3,(H,16,19). The van der Waals surface area contributed by atoms with Crippen LogP contribution in [-0.4, -0.2) is 15.7 Å². The summed E-state index contributed by atoms with van der Waals surface area (Å²) in [5.41, 5.74) is 8.85. The molecular formula is C13H15BrN4O. The number of nitrogen functional groups attached to an aromatic ring is 1. The fourth-order valence-electron chi connectivity index (χ4n) is 1.79. The topological polar surface area (TPSA) is 72.9 Å². The molecule has 0 fully saturated rings. The van der Waals surface area contributed by atoms with Crippen molar-refractivity contribution in [1.82, 2.24) is 9.78 Å². The Morgan fingerprint density at radius 1 is 1.42 bits per heavy atom. The Hall–Kier alpha value is -1.82. The van der Waals surface area contributed by atoms with E-state index in [-0.39, 0.29) is 12.5 Å². The Morgan fingerprint density at radius 2 is 2.16 bits per heavy atom. The van der Waals surface area contributed by atoms with Crippen molar-refractivity contribution >= 4 is 33.2 Å². The van der Waals surface area contributed by atoms with E-state index in [1.807, 2.05) is 19.9 Å². The molecule has 6 heteroatoms. The lowest BCUT2D eigenvalue weighted by atomic mass is 10.3. The molecule has 0 aliphatic carbocycles. The second kappa shape index (κ2) is 5.44. The molecule has 0 saturated heterocycles. The lowest BCUT2D eigenvalue weighted by Crippen LogP contribution is -2.20. The number of carbonyl (C=O) groups is 1. The zero-order chi connectivity index (χ0) is 14.0. The van der Waals surface area contributed by atoms with E-state index < -0.39 is 0 Å². The van der Waals surface area contributed by atoms with Crippen LogP contribution in [0, 0.1) is 13.8 Å². The van der Waals surface area contributed by atoms with E-state index in [1.54, 1.807) is 22.9 Å². The monoisotopic (exact) mass is 322 g/mol. The Balaban J connectivity index is 2.07. The highest BCUT2D eigenvalue weighted by Crippen LogP contribution is 2.24. The van der Waals surface area contributed by atoms with Crippen LogP contribution in [0.15, 0.2) is 28.7 Å². The van der Waals surface area contributed by atoms with Gasteiger partial charge in [-0.05, 0) is 54.0 Å².